The molecular formula is C13H16N4O3S2. The van der Waals surface area contributed by atoms with E-state index in [1.807, 2.05) is 0 Å². The summed E-state index contributed by atoms with van der Waals surface area (Å²) >= 11 is 1.21. The molecule has 2 aromatic rings. The fourth-order valence-electron chi connectivity index (χ4n) is 2.68. The van der Waals surface area contributed by atoms with E-state index in [0.29, 0.717) is 35.6 Å². The summed E-state index contributed by atoms with van der Waals surface area (Å²) in [5.74, 6) is 1.10. The van der Waals surface area contributed by atoms with Gasteiger partial charge in [0.1, 0.15) is 10.0 Å². The minimum atomic E-state index is -3.49. The minimum absolute atomic E-state index is 0.116. The van der Waals surface area contributed by atoms with Gasteiger partial charge in [-0.3, -0.25) is 4.57 Å². The van der Waals surface area contributed by atoms with E-state index in [2.05, 4.69) is 5.10 Å². The van der Waals surface area contributed by atoms with E-state index in [-0.39, 0.29) is 12.2 Å². The number of thiophene rings is 1. The van der Waals surface area contributed by atoms with Crippen LogP contribution in [0.15, 0.2) is 26.5 Å². The van der Waals surface area contributed by atoms with Crippen LogP contribution in [-0.4, -0.2) is 33.6 Å². The third-order valence-electron chi connectivity index (χ3n) is 4.11. The Bertz CT molecular complexity index is 846. The van der Waals surface area contributed by atoms with Gasteiger partial charge in [0.2, 0.25) is 0 Å². The molecule has 22 heavy (non-hydrogen) atoms. The first kappa shape index (κ1) is 14.2. The molecule has 7 nitrogen and oxygen atoms in total. The van der Waals surface area contributed by atoms with Crippen LogP contribution in [0.4, 0.5) is 0 Å². The number of hydrogen-bond donors (Lipinski definition) is 0. The van der Waals surface area contributed by atoms with E-state index in [1.54, 1.807) is 22.1 Å². The Morgan fingerprint density at radius 2 is 2.14 bits per heavy atom. The van der Waals surface area contributed by atoms with Gasteiger partial charge in [0.25, 0.3) is 10.0 Å². The molecule has 0 aromatic carbocycles. The highest BCUT2D eigenvalue weighted by Crippen LogP contribution is 2.30. The fraction of sp³-hybridized carbons (Fsp3) is 0.538. The van der Waals surface area contributed by atoms with Crippen molar-refractivity contribution in [2.45, 2.75) is 36.7 Å². The van der Waals surface area contributed by atoms with Crippen LogP contribution in [0, 0.1) is 5.92 Å². The number of nitrogens with zero attached hydrogens (tertiary/aromatic N) is 4. The summed E-state index contributed by atoms with van der Waals surface area (Å²) in [5, 5.41) is 6.09. The SMILES string of the molecule is O=c1n(CC2CC2)nc2n1CCN(S(=O)(=O)c1cccs1)C2. The van der Waals surface area contributed by atoms with Gasteiger partial charge in [-0.05, 0) is 30.2 Å². The standard InChI is InChI=1S/C13H16N4O3S2/c18-13-16-6-5-15(22(19,20)12-2-1-7-21-12)9-11(16)14-17(13)8-10-3-4-10/h1-2,7,10H,3-6,8-9H2. The van der Waals surface area contributed by atoms with E-state index in [0.717, 1.165) is 12.8 Å². The second-order valence-corrected chi connectivity index (χ2v) is 8.86. The van der Waals surface area contributed by atoms with Crippen LogP contribution in [0.25, 0.3) is 0 Å². The third-order valence-corrected chi connectivity index (χ3v) is 7.33. The van der Waals surface area contributed by atoms with E-state index >= 15 is 0 Å². The first-order valence-corrected chi connectivity index (χ1v) is 9.58. The zero-order valence-electron chi connectivity index (χ0n) is 11.9. The van der Waals surface area contributed by atoms with Gasteiger partial charge >= 0.3 is 5.69 Å². The summed E-state index contributed by atoms with van der Waals surface area (Å²) in [6.07, 6.45) is 2.29. The molecule has 4 rings (SSSR count). The highest BCUT2D eigenvalue weighted by Gasteiger charge is 2.32. The molecule has 0 bridgehead atoms. The predicted molar refractivity (Wildman–Crippen MR) is 81.1 cm³/mol. The molecule has 1 aliphatic heterocycles. The maximum Gasteiger partial charge on any atom is 0.346 e. The summed E-state index contributed by atoms with van der Waals surface area (Å²) in [6.45, 7) is 1.48. The molecule has 0 saturated heterocycles. The number of fused-ring (bicyclic) bond motifs is 1. The van der Waals surface area contributed by atoms with Crippen LogP contribution in [0.2, 0.25) is 0 Å². The van der Waals surface area contributed by atoms with Crippen molar-refractivity contribution in [2.24, 2.45) is 5.92 Å². The zero-order chi connectivity index (χ0) is 15.3. The monoisotopic (exact) mass is 340 g/mol. The van der Waals surface area contributed by atoms with Gasteiger partial charge in [0.05, 0.1) is 6.54 Å². The van der Waals surface area contributed by atoms with Gasteiger partial charge in [-0.1, -0.05) is 6.07 Å². The van der Waals surface area contributed by atoms with E-state index in [9.17, 15) is 13.2 Å². The van der Waals surface area contributed by atoms with Crippen molar-refractivity contribution in [1.29, 1.82) is 0 Å². The van der Waals surface area contributed by atoms with Crippen molar-refractivity contribution in [3.05, 3.63) is 33.8 Å². The molecule has 9 heteroatoms. The molecule has 3 heterocycles. The molecular weight excluding hydrogens is 324 g/mol. The Kier molecular flexibility index (Phi) is 3.24. The van der Waals surface area contributed by atoms with Crippen molar-refractivity contribution < 1.29 is 8.42 Å². The smallest absolute Gasteiger partial charge is 0.276 e. The van der Waals surface area contributed by atoms with Crippen LogP contribution in [-0.2, 0) is 29.7 Å². The molecule has 0 unspecified atom stereocenters. The molecule has 1 aliphatic carbocycles. The normalized spacial score (nSPS) is 19.3. The fourth-order valence-corrected chi connectivity index (χ4v) is 5.21. The van der Waals surface area contributed by atoms with Gasteiger partial charge in [-0.2, -0.15) is 9.40 Å². The molecule has 2 aromatic heterocycles. The molecule has 0 atom stereocenters. The topological polar surface area (TPSA) is 77.2 Å². The van der Waals surface area contributed by atoms with Crippen LogP contribution in [0.1, 0.15) is 18.7 Å². The van der Waals surface area contributed by atoms with Crippen molar-refractivity contribution in [2.75, 3.05) is 6.54 Å². The quantitative estimate of drug-likeness (QED) is 0.822. The minimum Gasteiger partial charge on any atom is -0.276 e. The van der Waals surface area contributed by atoms with Gasteiger partial charge in [-0.15, -0.1) is 11.3 Å². The van der Waals surface area contributed by atoms with Gasteiger partial charge < -0.3 is 0 Å². The molecule has 0 amide bonds. The Morgan fingerprint density at radius 1 is 1.32 bits per heavy atom. The van der Waals surface area contributed by atoms with Gasteiger partial charge in [0.15, 0.2) is 0 Å². The highest BCUT2D eigenvalue weighted by atomic mass is 32.2. The Labute approximate surface area is 131 Å². The lowest BCUT2D eigenvalue weighted by molar-refractivity contribution is 0.333. The second-order valence-electron chi connectivity index (χ2n) is 5.75. The maximum atomic E-state index is 12.6. The second kappa shape index (κ2) is 5.04. The first-order valence-electron chi connectivity index (χ1n) is 7.26. The number of rotatable bonds is 4. The number of sulfonamides is 1. The predicted octanol–water partition coefficient (Wildman–Crippen LogP) is 0.721. The summed E-state index contributed by atoms with van der Waals surface area (Å²) in [5.41, 5.74) is -0.116. The first-order chi connectivity index (χ1) is 10.6. The Hall–Kier alpha value is -1.45. The summed E-state index contributed by atoms with van der Waals surface area (Å²) in [6, 6.07) is 3.33. The van der Waals surface area contributed by atoms with Crippen LogP contribution >= 0.6 is 11.3 Å². The van der Waals surface area contributed by atoms with Crippen molar-refractivity contribution in [1.82, 2.24) is 18.7 Å². The molecule has 0 spiro atoms. The molecule has 0 radical (unpaired) electrons. The third kappa shape index (κ3) is 2.33. The average molecular weight is 340 g/mol. The lowest BCUT2D eigenvalue weighted by Crippen LogP contribution is -2.40. The van der Waals surface area contributed by atoms with Gasteiger partial charge in [0, 0.05) is 19.6 Å². The van der Waals surface area contributed by atoms with E-state index in [1.165, 1.54) is 20.3 Å². The summed E-state index contributed by atoms with van der Waals surface area (Å²) in [4.78, 5) is 12.3. The van der Waals surface area contributed by atoms with Crippen LogP contribution in [0.5, 0.6) is 0 Å². The largest absolute Gasteiger partial charge is 0.346 e. The van der Waals surface area contributed by atoms with Crippen molar-refractivity contribution in [3.8, 4) is 0 Å². The van der Waals surface area contributed by atoms with E-state index < -0.39 is 10.0 Å². The van der Waals surface area contributed by atoms with Crippen LogP contribution in [0.3, 0.4) is 0 Å². The molecule has 2 aliphatic rings. The van der Waals surface area contributed by atoms with E-state index in [4.69, 9.17) is 0 Å². The average Bonchev–Trinajstić information content (AvgIpc) is 3.03. The zero-order valence-corrected chi connectivity index (χ0v) is 13.5. The highest BCUT2D eigenvalue weighted by molar-refractivity contribution is 7.91. The summed E-state index contributed by atoms with van der Waals surface area (Å²) < 4.78 is 29.9. The van der Waals surface area contributed by atoms with Gasteiger partial charge in [-0.25, -0.2) is 17.9 Å². The lowest BCUT2D eigenvalue weighted by atomic mass is 10.4. The van der Waals surface area contributed by atoms with Crippen molar-refractivity contribution in [3.63, 3.8) is 0 Å². The molecule has 0 N–H and O–H groups in total. The molecule has 1 fully saturated rings. The lowest BCUT2D eigenvalue weighted by Gasteiger charge is -2.25. The molecule has 118 valence electrons. The van der Waals surface area contributed by atoms with Crippen molar-refractivity contribution >= 4 is 21.4 Å². The summed E-state index contributed by atoms with van der Waals surface area (Å²) in [7, 11) is -3.49. The number of hydrogen-bond acceptors (Lipinski definition) is 5. The Balaban J connectivity index is 1.63. The number of aromatic nitrogens is 3. The Morgan fingerprint density at radius 3 is 2.82 bits per heavy atom. The molecule has 1 saturated carbocycles. The van der Waals surface area contributed by atoms with Crippen LogP contribution < -0.4 is 5.69 Å². The maximum absolute atomic E-state index is 12.6.